The predicted molar refractivity (Wildman–Crippen MR) is 76.0 cm³/mol. The summed E-state index contributed by atoms with van der Waals surface area (Å²) in [6, 6.07) is 8.15. The second-order valence-electron chi connectivity index (χ2n) is 4.96. The third kappa shape index (κ3) is 4.08. The molecule has 0 saturated heterocycles. The topological polar surface area (TPSA) is 38.7 Å². The van der Waals surface area contributed by atoms with Gasteiger partial charge in [0.2, 0.25) is 0 Å². The van der Waals surface area contributed by atoms with Crippen molar-refractivity contribution in [3.8, 4) is 5.75 Å². The minimum atomic E-state index is 0.279. The molecule has 1 unspecified atom stereocenters. The van der Waals surface area contributed by atoms with Crippen LogP contribution in [0.25, 0.3) is 5.57 Å². The molecule has 1 aliphatic carbocycles. The Labute approximate surface area is 114 Å². The van der Waals surface area contributed by atoms with Crippen molar-refractivity contribution in [2.24, 2.45) is 5.92 Å². The lowest BCUT2D eigenvalue weighted by Crippen LogP contribution is -2.07. The summed E-state index contributed by atoms with van der Waals surface area (Å²) in [5.74, 6) is 1.49. The molecule has 0 radical (unpaired) electrons. The number of aliphatic hydroxyl groups is 1. The summed E-state index contributed by atoms with van der Waals surface area (Å²) in [4.78, 5) is 0. The molecular formula is C16H22O3. The monoisotopic (exact) mass is 262 g/mol. The van der Waals surface area contributed by atoms with E-state index in [0.717, 1.165) is 31.4 Å². The van der Waals surface area contributed by atoms with Crippen molar-refractivity contribution in [1.29, 1.82) is 0 Å². The zero-order chi connectivity index (χ0) is 13.5. The van der Waals surface area contributed by atoms with Gasteiger partial charge in [0.15, 0.2) is 6.79 Å². The van der Waals surface area contributed by atoms with Crippen molar-refractivity contribution in [2.45, 2.75) is 25.7 Å². The molecular weight excluding hydrogens is 240 g/mol. The van der Waals surface area contributed by atoms with E-state index in [1.165, 1.54) is 11.1 Å². The lowest BCUT2D eigenvalue weighted by atomic mass is 9.85. The summed E-state index contributed by atoms with van der Waals surface area (Å²) in [6.45, 7) is 0.579. The van der Waals surface area contributed by atoms with Crippen LogP contribution < -0.4 is 4.74 Å². The highest BCUT2D eigenvalue weighted by atomic mass is 16.7. The molecule has 0 fully saturated rings. The molecule has 19 heavy (non-hydrogen) atoms. The Morgan fingerprint density at radius 2 is 2.26 bits per heavy atom. The number of hydrogen-bond donors (Lipinski definition) is 1. The first-order chi connectivity index (χ1) is 9.33. The highest BCUT2D eigenvalue weighted by Gasteiger charge is 2.15. The third-order valence-electron chi connectivity index (χ3n) is 3.61. The van der Waals surface area contributed by atoms with Gasteiger partial charge in [-0.25, -0.2) is 0 Å². The lowest BCUT2D eigenvalue weighted by molar-refractivity contribution is 0.0511. The second kappa shape index (κ2) is 7.31. The smallest absolute Gasteiger partial charge is 0.188 e. The maximum absolute atomic E-state index is 8.97. The van der Waals surface area contributed by atoms with Crippen molar-refractivity contribution in [3.05, 3.63) is 35.9 Å². The zero-order valence-electron chi connectivity index (χ0n) is 11.5. The van der Waals surface area contributed by atoms with Crippen molar-refractivity contribution >= 4 is 5.57 Å². The highest BCUT2D eigenvalue weighted by molar-refractivity contribution is 5.67. The lowest BCUT2D eigenvalue weighted by Gasteiger charge is -2.21. The van der Waals surface area contributed by atoms with E-state index in [9.17, 15) is 0 Å². The van der Waals surface area contributed by atoms with Gasteiger partial charge in [-0.05, 0) is 54.9 Å². The van der Waals surface area contributed by atoms with Crippen molar-refractivity contribution in [3.63, 3.8) is 0 Å². The third-order valence-corrected chi connectivity index (χ3v) is 3.61. The van der Waals surface area contributed by atoms with Gasteiger partial charge in [0.05, 0.1) is 0 Å². The first-order valence-electron chi connectivity index (χ1n) is 6.85. The Balaban J connectivity index is 2.02. The quantitative estimate of drug-likeness (QED) is 0.800. The molecule has 1 atom stereocenters. The number of ether oxygens (including phenoxy) is 2. The number of rotatable bonds is 6. The molecule has 0 aliphatic heterocycles. The Bertz CT molecular complexity index is 426. The molecule has 0 bridgehead atoms. The molecule has 104 valence electrons. The van der Waals surface area contributed by atoms with E-state index in [0.29, 0.717) is 12.5 Å². The molecule has 1 aromatic rings. The number of hydrogen-bond acceptors (Lipinski definition) is 3. The van der Waals surface area contributed by atoms with Crippen molar-refractivity contribution in [2.75, 3.05) is 20.5 Å². The summed E-state index contributed by atoms with van der Waals surface area (Å²) in [7, 11) is 1.62. The molecule has 1 aromatic carbocycles. The Morgan fingerprint density at radius 3 is 2.95 bits per heavy atom. The fourth-order valence-electron chi connectivity index (χ4n) is 2.51. The van der Waals surface area contributed by atoms with Crippen LogP contribution in [-0.4, -0.2) is 25.6 Å². The van der Waals surface area contributed by atoms with Gasteiger partial charge in [0, 0.05) is 13.7 Å². The van der Waals surface area contributed by atoms with Crippen LogP contribution >= 0.6 is 0 Å². The molecule has 0 spiro atoms. The maximum Gasteiger partial charge on any atom is 0.188 e. The fourth-order valence-corrected chi connectivity index (χ4v) is 2.51. The molecule has 0 aromatic heterocycles. The molecule has 3 heteroatoms. The van der Waals surface area contributed by atoms with Crippen molar-refractivity contribution < 1.29 is 14.6 Å². The molecule has 3 nitrogen and oxygen atoms in total. The molecule has 1 N–H and O–H groups in total. The number of aliphatic hydroxyl groups excluding tert-OH is 1. The SMILES string of the molecule is COCOc1cccc(C2=CCC(CCO)CC2)c1. The Hall–Kier alpha value is -1.32. The summed E-state index contributed by atoms with van der Waals surface area (Å²) in [5, 5.41) is 8.97. The summed E-state index contributed by atoms with van der Waals surface area (Å²) < 4.78 is 10.4. The van der Waals surface area contributed by atoms with Crippen LogP contribution in [-0.2, 0) is 4.74 Å². The van der Waals surface area contributed by atoms with Gasteiger partial charge < -0.3 is 14.6 Å². The van der Waals surface area contributed by atoms with E-state index >= 15 is 0 Å². The molecule has 0 saturated carbocycles. The largest absolute Gasteiger partial charge is 0.468 e. The van der Waals surface area contributed by atoms with Crippen LogP contribution in [0, 0.1) is 5.92 Å². The average Bonchev–Trinajstić information content (AvgIpc) is 2.46. The average molecular weight is 262 g/mol. The van der Waals surface area contributed by atoms with Gasteiger partial charge in [-0.15, -0.1) is 0 Å². The Morgan fingerprint density at radius 1 is 1.37 bits per heavy atom. The maximum atomic E-state index is 8.97. The van der Waals surface area contributed by atoms with E-state index in [-0.39, 0.29) is 6.79 Å². The summed E-state index contributed by atoms with van der Waals surface area (Å²) >= 11 is 0. The first-order valence-corrected chi connectivity index (χ1v) is 6.85. The van der Waals surface area contributed by atoms with Gasteiger partial charge in [-0.2, -0.15) is 0 Å². The fraction of sp³-hybridized carbons (Fsp3) is 0.500. The predicted octanol–water partition coefficient (Wildman–Crippen LogP) is 3.24. The minimum absolute atomic E-state index is 0.279. The zero-order valence-corrected chi connectivity index (χ0v) is 11.5. The van der Waals surface area contributed by atoms with E-state index in [1.807, 2.05) is 12.1 Å². The Kier molecular flexibility index (Phi) is 5.43. The summed E-state index contributed by atoms with van der Waals surface area (Å²) in [6.07, 6.45) is 6.53. The number of methoxy groups -OCH3 is 1. The summed E-state index contributed by atoms with van der Waals surface area (Å²) in [5.41, 5.74) is 2.62. The van der Waals surface area contributed by atoms with Gasteiger partial charge in [-0.1, -0.05) is 18.2 Å². The van der Waals surface area contributed by atoms with E-state index in [4.69, 9.17) is 14.6 Å². The molecule has 0 heterocycles. The van der Waals surface area contributed by atoms with Crippen LogP contribution in [0.4, 0.5) is 0 Å². The van der Waals surface area contributed by atoms with Gasteiger partial charge in [0.1, 0.15) is 5.75 Å². The highest BCUT2D eigenvalue weighted by Crippen LogP contribution is 2.32. The van der Waals surface area contributed by atoms with Gasteiger partial charge in [-0.3, -0.25) is 0 Å². The van der Waals surface area contributed by atoms with Crippen molar-refractivity contribution in [1.82, 2.24) is 0 Å². The van der Waals surface area contributed by atoms with Crippen LogP contribution in [0.5, 0.6) is 5.75 Å². The van der Waals surface area contributed by atoms with E-state index in [2.05, 4.69) is 18.2 Å². The second-order valence-corrected chi connectivity index (χ2v) is 4.96. The standard InChI is InChI=1S/C16H22O3/c1-18-12-19-16-4-2-3-15(11-16)14-7-5-13(6-8-14)9-10-17/h2-4,7,11,13,17H,5-6,8-10,12H2,1H3. The van der Waals surface area contributed by atoms with E-state index in [1.54, 1.807) is 7.11 Å². The van der Waals surface area contributed by atoms with Gasteiger partial charge >= 0.3 is 0 Å². The van der Waals surface area contributed by atoms with Crippen LogP contribution in [0.3, 0.4) is 0 Å². The normalized spacial score (nSPS) is 19.1. The first kappa shape index (κ1) is 14.1. The molecule has 1 aliphatic rings. The number of allylic oxidation sites excluding steroid dienone is 2. The van der Waals surface area contributed by atoms with Crippen LogP contribution in [0.15, 0.2) is 30.3 Å². The van der Waals surface area contributed by atoms with Crippen LogP contribution in [0.1, 0.15) is 31.2 Å². The van der Waals surface area contributed by atoms with Crippen LogP contribution in [0.2, 0.25) is 0 Å². The van der Waals surface area contributed by atoms with Gasteiger partial charge in [0.25, 0.3) is 0 Å². The molecule has 2 rings (SSSR count). The minimum Gasteiger partial charge on any atom is -0.468 e. The van der Waals surface area contributed by atoms with E-state index < -0.39 is 0 Å². The molecule has 0 amide bonds. The number of benzene rings is 1.